The molecular formula is C16H19BrO3. The van der Waals surface area contributed by atoms with Gasteiger partial charge in [-0.05, 0) is 26.3 Å². The Morgan fingerprint density at radius 3 is 2.40 bits per heavy atom. The molecule has 0 fully saturated rings. The van der Waals surface area contributed by atoms with Gasteiger partial charge in [-0.25, -0.2) is 4.79 Å². The molecule has 0 aromatic heterocycles. The van der Waals surface area contributed by atoms with Crippen LogP contribution in [0.2, 0.25) is 0 Å². The monoisotopic (exact) mass is 338 g/mol. The van der Waals surface area contributed by atoms with Gasteiger partial charge in [0.05, 0.1) is 12.7 Å². The van der Waals surface area contributed by atoms with E-state index in [2.05, 4.69) is 15.9 Å². The minimum Gasteiger partial charge on any atom is -0.467 e. The van der Waals surface area contributed by atoms with Gasteiger partial charge in [-0.3, -0.25) is 0 Å². The summed E-state index contributed by atoms with van der Waals surface area (Å²) in [5.41, 5.74) is 0.252. The number of esters is 1. The van der Waals surface area contributed by atoms with Crippen molar-refractivity contribution >= 4 is 21.9 Å². The quantitative estimate of drug-likeness (QED) is 0.766. The fourth-order valence-electron chi connectivity index (χ4n) is 2.75. The second kappa shape index (κ2) is 5.34. The maximum Gasteiger partial charge on any atom is 0.343 e. The molecule has 2 rings (SSSR count). The molecule has 1 aliphatic heterocycles. The third kappa shape index (κ3) is 2.42. The summed E-state index contributed by atoms with van der Waals surface area (Å²) < 4.78 is 12.2. The fraction of sp³-hybridized carbons (Fsp3) is 0.438. The van der Waals surface area contributed by atoms with E-state index in [9.17, 15) is 4.79 Å². The molecule has 0 spiro atoms. The van der Waals surface area contributed by atoms with Crippen molar-refractivity contribution in [3.8, 4) is 0 Å². The highest BCUT2D eigenvalue weighted by atomic mass is 79.9. The highest BCUT2D eigenvalue weighted by molar-refractivity contribution is 9.11. The van der Waals surface area contributed by atoms with Gasteiger partial charge in [0, 0.05) is 10.9 Å². The van der Waals surface area contributed by atoms with Crippen LogP contribution in [0.5, 0.6) is 0 Å². The predicted molar refractivity (Wildman–Crippen MR) is 81.5 cm³/mol. The summed E-state index contributed by atoms with van der Waals surface area (Å²) >= 11 is 3.57. The molecule has 1 aromatic rings. The van der Waals surface area contributed by atoms with E-state index in [1.165, 1.54) is 7.11 Å². The van der Waals surface area contributed by atoms with Crippen molar-refractivity contribution in [2.45, 2.75) is 38.4 Å². The molecule has 3 nitrogen and oxygen atoms in total. The molecule has 0 saturated heterocycles. The summed E-state index contributed by atoms with van der Waals surface area (Å²) in [5.74, 6) is -0.365. The molecular weight excluding hydrogens is 320 g/mol. The number of benzene rings is 1. The Morgan fingerprint density at radius 2 is 1.90 bits per heavy atom. The topological polar surface area (TPSA) is 35.5 Å². The lowest BCUT2D eigenvalue weighted by Crippen LogP contribution is -2.49. The molecule has 0 saturated carbocycles. The van der Waals surface area contributed by atoms with E-state index in [1.54, 1.807) is 0 Å². The summed E-state index contributed by atoms with van der Waals surface area (Å²) in [6.07, 6.45) is 0.480. The first-order chi connectivity index (χ1) is 9.33. The van der Waals surface area contributed by atoms with E-state index in [0.29, 0.717) is 6.42 Å². The molecule has 0 N–H and O–H groups in total. The first-order valence-corrected chi connectivity index (χ1v) is 7.32. The maximum atomic E-state index is 12.4. The van der Waals surface area contributed by atoms with Crippen LogP contribution in [0.3, 0.4) is 0 Å². The lowest BCUT2D eigenvalue weighted by molar-refractivity contribution is -0.190. The van der Waals surface area contributed by atoms with Gasteiger partial charge in [0.2, 0.25) is 0 Å². The molecule has 0 radical (unpaired) electrons. The van der Waals surface area contributed by atoms with Crippen molar-refractivity contribution in [1.82, 2.24) is 0 Å². The van der Waals surface area contributed by atoms with Crippen LogP contribution in [0.1, 0.15) is 32.8 Å². The van der Waals surface area contributed by atoms with E-state index < -0.39 is 11.2 Å². The predicted octanol–water partition coefficient (Wildman–Crippen LogP) is 3.92. The van der Waals surface area contributed by atoms with Crippen molar-refractivity contribution in [1.29, 1.82) is 0 Å². The number of halogens is 1. The summed E-state index contributed by atoms with van der Waals surface area (Å²) in [4.78, 5) is 12.4. The third-order valence-corrected chi connectivity index (χ3v) is 5.23. The van der Waals surface area contributed by atoms with E-state index in [1.807, 2.05) is 51.1 Å². The molecule has 1 unspecified atom stereocenters. The van der Waals surface area contributed by atoms with E-state index in [4.69, 9.17) is 9.47 Å². The molecule has 1 heterocycles. The normalized spacial score (nSPS) is 25.4. The summed E-state index contributed by atoms with van der Waals surface area (Å²) in [5, 5.41) is 0. The van der Waals surface area contributed by atoms with Crippen LogP contribution in [0.25, 0.3) is 0 Å². The zero-order chi connectivity index (χ0) is 15.0. The molecule has 0 amide bonds. The maximum absolute atomic E-state index is 12.4. The first kappa shape index (κ1) is 15.3. The van der Waals surface area contributed by atoms with Gasteiger partial charge in [0.25, 0.3) is 0 Å². The molecule has 4 heteroatoms. The van der Waals surface area contributed by atoms with Crippen LogP contribution >= 0.6 is 15.9 Å². The lowest BCUT2D eigenvalue weighted by atomic mass is 9.82. The van der Waals surface area contributed by atoms with Crippen LogP contribution < -0.4 is 0 Å². The van der Waals surface area contributed by atoms with Gasteiger partial charge in [-0.2, -0.15) is 0 Å². The lowest BCUT2D eigenvalue weighted by Gasteiger charge is -2.44. The van der Waals surface area contributed by atoms with Crippen LogP contribution in [-0.4, -0.2) is 18.7 Å². The molecule has 1 atom stereocenters. The highest BCUT2D eigenvalue weighted by Gasteiger charge is 2.51. The Bertz CT molecular complexity index is 548. The largest absolute Gasteiger partial charge is 0.467 e. The van der Waals surface area contributed by atoms with Gasteiger partial charge in [0.1, 0.15) is 0 Å². The molecule has 20 heavy (non-hydrogen) atoms. The molecule has 0 bridgehead atoms. The van der Waals surface area contributed by atoms with Crippen molar-refractivity contribution < 1.29 is 14.3 Å². The van der Waals surface area contributed by atoms with Gasteiger partial charge >= 0.3 is 5.97 Å². The first-order valence-electron chi connectivity index (χ1n) is 6.53. The Labute approximate surface area is 128 Å². The number of hydrogen-bond donors (Lipinski definition) is 0. The summed E-state index contributed by atoms with van der Waals surface area (Å²) in [6, 6.07) is 9.53. The molecule has 0 aliphatic carbocycles. The number of carbonyl (C=O) groups excluding carboxylic acids is 1. The number of rotatable bonds is 2. The third-order valence-electron chi connectivity index (χ3n) is 3.60. The Balaban J connectivity index is 2.60. The number of carbonyl (C=O) groups is 1. The van der Waals surface area contributed by atoms with E-state index in [0.717, 1.165) is 15.6 Å². The Kier molecular flexibility index (Phi) is 4.07. The van der Waals surface area contributed by atoms with E-state index in [-0.39, 0.29) is 5.97 Å². The minimum atomic E-state index is -1.08. The summed E-state index contributed by atoms with van der Waals surface area (Å²) in [6.45, 7) is 5.90. The standard InChI is InChI=1S/C16H19BrO3/c1-11-10-16(14(18)19-4,12-8-6-5-7-9-12)20-15(2,3)13(11)17/h5-9H,10H2,1-4H3. The molecule has 1 aliphatic rings. The smallest absolute Gasteiger partial charge is 0.343 e. The zero-order valence-electron chi connectivity index (χ0n) is 12.2. The fourth-order valence-corrected chi connectivity index (χ4v) is 2.97. The minimum absolute atomic E-state index is 0.365. The van der Waals surface area contributed by atoms with Crippen molar-refractivity contribution in [2.24, 2.45) is 0 Å². The average Bonchev–Trinajstić information content (AvgIpc) is 2.44. The van der Waals surface area contributed by atoms with Gasteiger partial charge in [0.15, 0.2) is 5.60 Å². The number of hydrogen-bond acceptors (Lipinski definition) is 3. The van der Waals surface area contributed by atoms with Gasteiger partial charge in [-0.15, -0.1) is 0 Å². The van der Waals surface area contributed by atoms with Crippen LogP contribution in [-0.2, 0) is 19.9 Å². The second-order valence-corrected chi connectivity index (χ2v) is 6.36. The van der Waals surface area contributed by atoms with Gasteiger partial charge in [-0.1, -0.05) is 51.8 Å². The van der Waals surface area contributed by atoms with Crippen LogP contribution in [0.4, 0.5) is 0 Å². The zero-order valence-corrected chi connectivity index (χ0v) is 13.8. The molecule has 108 valence electrons. The Morgan fingerprint density at radius 1 is 1.30 bits per heavy atom. The van der Waals surface area contributed by atoms with Crippen LogP contribution in [0.15, 0.2) is 40.4 Å². The van der Waals surface area contributed by atoms with Gasteiger partial charge < -0.3 is 9.47 Å². The van der Waals surface area contributed by atoms with E-state index >= 15 is 0 Å². The van der Waals surface area contributed by atoms with Crippen molar-refractivity contribution in [2.75, 3.05) is 7.11 Å². The highest BCUT2D eigenvalue weighted by Crippen LogP contribution is 2.47. The van der Waals surface area contributed by atoms with Crippen molar-refractivity contribution in [3.05, 3.63) is 46.0 Å². The van der Waals surface area contributed by atoms with Crippen LogP contribution in [0, 0.1) is 0 Å². The van der Waals surface area contributed by atoms with Crippen molar-refractivity contribution in [3.63, 3.8) is 0 Å². The Hall–Kier alpha value is -1.13. The molecule has 1 aromatic carbocycles. The number of methoxy groups -OCH3 is 1. The average molecular weight is 339 g/mol. The summed E-state index contributed by atoms with van der Waals surface area (Å²) in [7, 11) is 1.39. The number of ether oxygens (including phenoxy) is 2. The second-order valence-electron chi connectivity index (χ2n) is 5.57. The SMILES string of the molecule is COC(=O)C1(c2ccccc2)CC(C)=C(Br)C(C)(C)O1.